The van der Waals surface area contributed by atoms with E-state index in [1.54, 1.807) is 18.3 Å². The minimum Gasteiger partial charge on any atom is -0.507 e. The predicted molar refractivity (Wildman–Crippen MR) is 92.1 cm³/mol. The molecule has 0 radical (unpaired) electrons. The maximum atomic E-state index is 10.1. The third-order valence-electron chi connectivity index (χ3n) is 3.84. The molecule has 23 heavy (non-hydrogen) atoms. The molecule has 0 fully saturated rings. The SMILES string of the molecule is Oc1ccccc1-c1cc(-c2ccccn2)c2ccccc2n1. The van der Waals surface area contributed by atoms with Gasteiger partial charge in [-0.05, 0) is 36.4 Å². The summed E-state index contributed by atoms with van der Waals surface area (Å²) in [7, 11) is 0. The van der Waals surface area contributed by atoms with Crippen LogP contribution in [0.25, 0.3) is 33.4 Å². The van der Waals surface area contributed by atoms with Gasteiger partial charge in [0, 0.05) is 22.7 Å². The Balaban J connectivity index is 2.04. The molecule has 3 heteroatoms. The fraction of sp³-hybridized carbons (Fsp3) is 0. The number of aromatic nitrogens is 2. The smallest absolute Gasteiger partial charge is 0.124 e. The summed E-state index contributed by atoms with van der Waals surface area (Å²) in [6.07, 6.45) is 1.78. The Morgan fingerprint density at radius 3 is 2.30 bits per heavy atom. The Hall–Kier alpha value is -3.20. The molecule has 0 aliphatic rings. The van der Waals surface area contributed by atoms with Crippen molar-refractivity contribution in [2.75, 3.05) is 0 Å². The minimum atomic E-state index is 0.224. The lowest BCUT2D eigenvalue weighted by Gasteiger charge is -2.10. The lowest BCUT2D eigenvalue weighted by molar-refractivity contribution is 0.477. The zero-order chi connectivity index (χ0) is 15.6. The van der Waals surface area contributed by atoms with Crippen LogP contribution in [0.3, 0.4) is 0 Å². The molecule has 2 aromatic heterocycles. The van der Waals surface area contributed by atoms with Crippen molar-refractivity contribution in [3.63, 3.8) is 0 Å². The molecule has 0 amide bonds. The normalized spacial score (nSPS) is 10.8. The van der Waals surface area contributed by atoms with Crippen molar-refractivity contribution < 1.29 is 5.11 Å². The van der Waals surface area contributed by atoms with E-state index >= 15 is 0 Å². The first-order chi connectivity index (χ1) is 11.3. The lowest BCUT2D eigenvalue weighted by Crippen LogP contribution is -1.91. The first-order valence-corrected chi connectivity index (χ1v) is 7.42. The third-order valence-corrected chi connectivity index (χ3v) is 3.84. The highest BCUT2D eigenvalue weighted by Crippen LogP contribution is 2.34. The minimum absolute atomic E-state index is 0.224. The standard InChI is InChI=1S/C20H14N2O/c23-20-11-4-2-8-15(20)19-13-16(17-9-5-6-12-21-17)14-7-1-3-10-18(14)22-19/h1-13,23H. The molecule has 2 aromatic carbocycles. The number of aromatic hydroxyl groups is 1. The van der Waals surface area contributed by atoms with E-state index in [0.29, 0.717) is 0 Å². The molecular formula is C20H14N2O. The number of pyridine rings is 2. The lowest BCUT2D eigenvalue weighted by atomic mass is 10.0. The Labute approximate surface area is 133 Å². The topological polar surface area (TPSA) is 46.0 Å². The van der Waals surface area contributed by atoms with E-state index < -0.39 is 0 Å². The van der Waals surface area contributed by atoms with Crippen molar-refractivity contribution in [2.45, 2.75) is 0 Å². The second-order valence-electron chi connectivity index (χ2n) is 5.30. The summed E-state index contributed by atoms with van der Waals surface area (Å²) in [4.78, 5) is 9.17. The van der Waals surface area contributed by atoms with Crippen molar-refractivity contribution >= 4 is 10.9 Å². The number of hydrogen-bond donors (Lipinski definition) is 1. The monoisotopic (exact) mass is 298 g/mol. The molecule has 0 unspecified atom stereocenters. The van der Waals surface area contributed by atoms with Crippen LogP contribution in [0.1, 0.15) is 0 Å². The molecule has 0 aliphatic carbocycles. The van der Waals surface area contributed by atoms with Crippen LogP contribution in [0, 0.1) is 0 Å². The fourth-order valence-electron chi connectivity index (χ4n) is 2.74. The van der Waals surface area contributed by atoms with Gasteiger partial charge in [0.1, 0.15) is 5.75 Å². The van der Waals surface area contributed by atoms with Crippen molar-refractivity contribution in [3.8, 4) is 28.3 Å². The van der Waals surface area contributed by atoms with Crippen LogP contribution in [0.15, 0.2) is 79.0 Å². The highest BCUT2D eigenvalue weighted by molar-refractivity contribution is 5.96. The maximum absolute atomic E-state index is 10.1. The largest absolute Gasteiger partial charge is 0.507 e. The maximum Gasteiger partial charge on any atom is 0.124 e. The van der Waals surface area contributed by atoms with Crippen LogP contribution in [0.2, 0.25) is 0 Å². The number of phenols is 1. The van der Waals surface area contributed by atoms with E-state index in [-0.39, 0.29) is 5.75 Å². The van der Waals surface area contributed by atoms with E-state index in [0.717, 1.165) is 33.4 Å². The molecule has 0 spiro atoms. The fourth-order valence-corrected chi connectivity index (χ4v) is 2.74. The number of nitrogens with zero attached hydrogens (tertiary/aromatic N) is 2. The zero-order valence-electron chi connectivity index (χ0n) is 12.3. The highest BCUT2D eigenvalue weighted by Gasteiger charge is 2.11. The van der Waals surface area contributed by atoms with Gasteiger partial charge in [-0.1, -0.05) is 36.4 Å². The number of fused-ring (bicyclic) bond motifs is 1. The van der Waals surface area contributed by atoms with Gasteiger partial charge < -0.3 is 5.11 Å². The van der Waals surface area contributed by atoms with Crippen LogP contribution >= 0.6 is 0 Å². The van der Waals surface area contributed by atoms with E-state index in [1.807, 2.05) is 60.7 Å². The molecule has 0 atom stereocenters. The summed E-state index contributed by atoms with van der Waals surface area (Å²) in [6, 6.07) is 23.1. The molecule has 2 heterocycles. The van der Waals surface area contributed by atoms with E-state index in [4.69, 9.17) is 4.98 Å². The van der Waals surface area contributed by atoms with Gasteiger partial charge in [0.2, 0.25) is 0 Å². The third kappa shape index (κ3) is 2.42. The van der Waals surface area contributed by atoms with Crippen LogP contribution in [0.5, 0.6) is 5.75 Å². The van der Waals surface area contributed by atoms with Crippen LogP contribution in [-0.2, 0) is 0 Å². The summed E-state index contributed by atoms with van der Waals surface area (Å²) in [6.45, 7) is 0. The van der Waals surface area contributed by atoms with Gasteiger partial charge in [-0.25, -0.2) is 4.98 Å². The Kier molecular flexibility index (Phi) is 3.24. The van der Waals surface area contributed by atoms with E-state index in [1.165, 1.54) is 0 Å². The van der Waals surface area contributed by atoms with Crippen molar-refractivity contribution in [2.24, 2.45) is 0 Å². The first kappa shape index (κ1) is 13.5. The van der Waals surface area contributed by atoms with Gasteiger partial charge in [0.15, 0.2) is 0 Å². The molecule has 3 nitrogen and oxygen atoms in total. The van der Waals surface area contributed by atoms with E-state index in [2.05, 4.69) is 4.98 Å². The molecule has 110 valence electrons. The molecule has 0 bridgehead atoms. The van der Waals surface area contributed by atoms with Gasteiger partial charge in [-0.3, -0.25) is 4.98 Å². The summed E-state index contributed by atoms with van der Waals surface area (Å²) < 4.78 is 0. The Morgan fingerprint density at radius 2 is 1.48 bits per heavy atom. The number of hydrogen-bond acceptors (Lipinski definition) is 3. The molecule has 0 saturated heterocycles. The second-order valence-corrected chi connectivity index (χ2v) is 5.30. The van der Waals surface area contributed by atoms with Gasteiger partial charge in [-0.2, -0.15) is 0 Å². The number of rotatable bonds is 2. The van der Waals surface area contributed by atoms with Crippen molar-refractivity contribution in [3.05, 3.63) is 79.0 Å². The van der Waals surface area contributed by atoms with Crippen LogP contribution in [0.4, 0.5) is 0 Å². The summed E-state index contributed by atoms with van der Waals surface area (Å²) in [5.41, 5.74) is 4.24. The molecular weight excluding hydrogens is 284 g/mol. The number of para-hydroxylation sites is 2. The predicted octanol–water partition coefficient (Wildman–Crippen LogP) is 4.67. The molecule has 0 aliphatic heterocycles. The van der Waals surface area contributed by atoms with Gasteiger partial charge in [0.25, 0.3) is 0 Å². The Morgan fingerprint density at radius 1 is 0.696 bits per heavy atom. The Bertz CT molecular complexity index is 981. The van der Waals surface area contributed by atoms with Gasteiger partial charge in [-0.15, -0.1) is 0 Å². The molecule has 4 rings (SSSR count). The first-order valence-electron chi connectivity index (χ1n) is 7.42. The van der Waals surface area contributed by atoms with Crippen molar-refractivity contribution in [1.82, 2.24) is 9.97 Å². The number of phenolic OH excluding ortho intramolecular Hbond substituents is 1. The second kappa shape index (κ2) is 5.54. The summed E-state index contributed by atoms with van der Waals surface area (Å²) >= 11 is 0. The van der Waals surface area contributed by atoms with Gasteiger partial charge >= 0.3 is 0 Å². The molecule has 0 saturated carbocycles. The molecule has 4 aromatic rings. The molecule has 1 N–H and O–H groups in total. The number of benzene rings is 2. The average Bonchev–Trinajstić information content (AvgIpc) is 2.62. The summed E-state index contributed by atoms with van der Waals surface area (Å²) in [5, 5.41) is 11.2. The summed E-state index contributed by atoms with van der Waals surface area (Å²) in [5.74, 6) is 0.224. The van der Waals surface area contributed by atoms with Crippen LogP contribution < -0.4 is 0 Å². The highest BCUT2D eigenvalue weighted by atomic mass is 16.3. The quantitative estimate of drug-likeness (QED) is 0.585. The van der Waals surface area contributed by atoms with Crippen molar-refractivity contribution in [1.29, 1.82) is 0 Å². The average molecular weight is 298 g/mol. The van der Waals surface area contributed by atoms with Gasteiger partial charge in [0.05, 0.1) is 16.9 Å². The van der Waals surface area contributed by atoms with E-state index in [9.17, 15) is 5.11 Å². The van der Waals surface area contributed by atoms with Crippen LogP contribution in [-0.4, -0.2) is 15.1 Å². The zero-order valence-corrected chi connectivity index (χ0v) is 12.3.